The van der Waals surface area contributed by atoms with Gasteiger partial charge in [-0.2, -0.15) is 0 Å². The Morgan fingerprint density at radius 2 is 1.95 bits per heavy atom. The summed E-state index contributed by atoms with van der Waals surface area (Å²) >= 11 is 1.89. The van der Waals surface area contributed by atoms with Crippen LogP contribution in [0.25, 0.3) is 0 Å². The Balaban J connectivity index is 1.65. The van der Waals surface area contributed by atoms with E-state index in [-0.39, 0.29) is 0 Å². The average molecular weight is 270 g/mol. The maximum atomic E-state index is 10.6. The van der Waals surface area contributed by atoms with Gasteiger partial charge in [0, 0.05) is 22.1 Å². The number of hydrogen-bond acceptors (Lipinski definition) is 3. The summed E-state index contributed by atoms with van der Waals surface area (Å²) in [5.74, 6) is 2.35. The van der Waals surface area contributed by atoms with Crippen LogP contribution in [0.2, 0.25) is 0 Å². The van der Waals surface area contributed by atoms with E-state index in [4.69, 9.17) is 4.74 Å². The van der Waals surface area contributed by atoms with Crippen LogP contribution in [0.5, 0.6) is 5.75 Å². The van der Waals surface area contributed by atoms with Crippen LogP contribution in [-0.2, 0) is 0 Å². The highest BCUT2D eigenvalue weighted by atomic mass is 32.2. The van der Waals surface area contributed by atoms with Crippen molar-refractivity contribution in [2.45, 2.75) is 10.8 Å². The molecule has 96 valence electrons. The summed E-state index contributed by atoms with van der Waals surface area (Å²) in [7, 11) is 0. The molecule has 0 saturated heterocycles. The summed E-state index contributed by atoms with van der Waals surface area (Å²) in [4.78, 5) is 11.9. The van der Waals surface area contributed by atoms with Crippen molar-refractivity contribution < 1.29 is 9.53 Å². The lowest BCUT2D eigenvalue weighted by molar-refractivity contribution is 0.112. The zero-order valence-corrected chi connectivity index (χ0v) is 11.2. The van der Waals surface area contributed by atoms with Crippen molar-refractivity contribution in [3.63, 3.8) is 0 Å². The number of carbonyl (C=O) groups is 1. The van der Waals surface area contributed by atoms with Gasteiger partial charge >= 0.3 is 0 Å². The molecule has 2 nitrogen and oxygen atoms in total. The van der Waals surface area contributed by atoms with Gasteiger partial charge < -0.3 is 4.74 Å². The topological polar surface area (TPSA) is 26.3 Å². The van der Waals surface area contributed by atoms with E-state index in [1.165, 1.54) is 10.5 Å². The molecule has 0 fully saturated rings. The molecular formula is C16H14O2S. The van der Waals surface area contributed by atoms with Gasteiger partial charge in [-0.1, -0.05) is 18.2 Å². The summed E-state index contributed by atoms with van der Waals surface area (Å²) in [6.45, 7) is 0.685. The normalized spacial score (nSPS) is 16.9. The molecule has 0 spiro atoms. The fourth-order valence-electron chi connectivity index (χ4n) is 2.21. The molecule has 1 atom stereocenters. The maximum absolute atomic E-state index is 10.6. The summed E-state index contributed by atoms with van der Waals surface area (Å²) in [5, 5.41) is 0. The van der Waals surface area contributed by atoms with E-state index >= 15 is 0 Å². The highest BCUT2D eigenvalue weighted by Gasteiger charge is 2.23. The minimum absolute atomic E-state index is 0.451. The Labute approximate surface area is 116 Å². The Morgan fingerprint density at radius 1 is 1.16 bits per heavy atom. The highest BCUT2D eigenvalue weighted by molar-refractivity contribution is 7.99. The first-order valence-corrected chi connectivity index (χ1v) is 7.25. The quantitative estimate of drug-likeness (QED) is 0.791. The number of rotatable bonds is 4. The van der Waals surface area contributed by atoms with Crippen LogP contribution >= 0.6 is 11.8 Å². The number of fused-ring (bicyclic) bond motifs is 1. The molecule has 0 aromatic heterocycles. The second-order valence-electron chi connectivity index (χ2n) is 4.54. The molecule has 3 heteroatoms. The van der Waals surface area contributed by atoms with Gasteiger partial charge in [-0.25, -0.2) is 0 Å². The minimum atomic E-state index is 0.451. The van der Waals surface area contributed by atoms with E-state index < -0.39 is 0 Å². The summed E-state index contributed by atoms with van der Waals surface area (Å²) < 4.78 is 5.82. The molecule has 1 unspecified atom stereocenters. The molecule has 3 rings (SSSR count). The van der Waals surface area contributed by atoms with E-state index in [1.807, 2.05) is 23.9 Å². The SMILES string of the molecule is O=Cc1ccc(OCC2CSc3ccccc32)cc1. The first-order valence-electron chi connectivity index (χ1n) is 6.26. The summed E-state index contributed by atoms with van der Waals surface area (Å²) in [5.41, 5.74) is 2.06. The van der Waals surface area contributed by atoms with Crippen LogP contribution in [0.3, 0.4) is 0 Å². The molecule has 0 N–H and O–H groups in total. The second kappa shape index (κ2) is 5.49. The number of carbonyl (C=O) groups excluding carboxylic acids is 1. The van der Waals surface area contributed by atoms with Crippen LogP contribution in [0.15, 0.2) is 53.4 Å². The van der Waals surface area contributed by atoms with Gasteiger partial charge in [0.2, 0.25) is 0 Å². The van der Waals surface area contributed by atoms with E-state index in [9.17, 15) is 4.79 Å². The molecule has 0 aliphatic carbocycles. The molecule has 1 aliphatic heterocycles. The van der Waals surface area contributed by atoms with Crippen molar-refractivity contribution >= 4 is 18.0 Å². The Kier molecular flexibility index (Phi) is 3.56. The fraction of sp³-hybridized carbons (Fsp3) is 0.188. The van der Waals surface area contributed by atoms with E-state index in [0.29, 0.717) is 18.1 Å². The third-order valence-corrected chi connectivity index (χ3v) is 4.52. The molecular weight excluding hydrogens is 256 g/mol. The van der Waals surface area contributed by atoms with Crippen LogP contribution < -0.4 is 4.74 Å². The lowest BCUT2D eigenvalue weighted by Crippen LogP contribution is -2.09. The van der Waals surface area contributed by atoms with Crippen LogP contribution in [0.1, 0.15) is 21.8 Å². The number of aldehydes is 1. The van der Waals surface area contributed by atoms with Crippen molar-refractivity contribution in [2.75, 3.05) is 12.4 Å². The Hall–Kier alpha value is -1.74. The highest BCUT2D eigenvalue weighted by Crippen LogP contribution is 2.39. The Bertz CT molecular complexity index is 578. The molecule has 2 aromatic rings. The second-order valence-corrected chi connectivity index (χ2v) is 5.61. The molecule has 0 bridgehead atoms. The van der Waals surface area contributed by atoms with E-state index in [0.717, 1.165) is 17.8 Å². The van der Waals surface area contributed by atoms with Crippen molar-refractivity contribution in [3.8, 4) is 5.75 Å². The number of hydrogen-bond donors (Lipinski definition) is 0. The van der Waals surface area contributed by atoms with Crippen LogP contribution in [0, 0.1) is 0 Å². The van der Waals surface area contributed by atoms with E-state index in [1.54, 1.807) is 12.1 Å². The first kappa shape index (κ1) is 12.3. The first-order chi connectivity index (χ1) is 9.36. The molecule has 0 radical (unpaired) electrons. The van der Waals surface area contributed by atoms with Gasteiger partial charge in [-0.3, -0.25) is 4.79 Å². The summed E-state index contributed by atoms with van der Waals surface area (Å²) in [6, 6.07) is 15.7. The monoisotopic (exact) mass is 270 g/mol. The van der Waals surface area contributed by atoms with E-state index in [2.05, 4.69) is 24.3 Å². The Morgan fingerprint density at radius 3 is 2.74 bits per heavy atom. The molecule has 0 saturated carbocycles. The number of thioether (sulfide) groups is 1. The van der Waals surface area contributed by atoms with Crippen molar-refractivity contribution in [3.05, 3.63) is 59.7 Å². The molecule has 1 aliphatic rings. The van der Waals surface area contributed by atoms with Gasteiger partial charge in [0.1, 0.15) is 12.0 Å². The molecule has 0 amide bonds. The molecule has 1 heterocycles. The smallest absolute Gasteiger partial charge is 0.150 e. The van der Waals surface area contributed by atoms with Crippen molar-refractivity contribution in [1.29, 1.82) is 0 Å². The largest absolute Gasteiger partial charge is 0.493 e. The molecule has 19 heavy (non-hydrogen) atoms. The third kappa shape index (κ3) is 2.66. The van der Waals surface area contributed by atoms with Crippen LogP contribution in [0.4, 0.5) is 0 Å². The summed E-state index contributed by atoms with van der Waals surface area (Å²) in [6.07, 6.45) is 0.841. The lowest BCUT2D eigenvalue weighted by atomic mass is 10.0. The fourth-order valence-corrected chi connectivity index (χ4v) is 3.44. The average Bonchev–Trinajstić information content (AvgIpc) is 2.89. The predicted molar refractivity (Wildman–Crippen MR) is 77.2 cm³/mol. The minimum Gasteiger partial charge on any atom is -0.493 e. The zero-order chi connectivity index (χ0) is 13.1. The predicted octanol–water partition coefficient (Wildman–Crippen LogP) is 3.77. The zero-order valence-electron chi connectivity index (χ0n) is 10.4. The van der Waals surface area contributed by atoms with Gasteiger partial charge in [0.05, 0.1) is 6.61 Å². The lowest BCUT2D eigenvalue weighted by Gasteiger charge is -2.12. The number of benzene rings is 2. The van der Waals surface area contributed by atoms with Gasteiger partial charge in [-0.05, 0) is 35.9 Å². The number of ether oxygens (including phenoxy) is 1. The van der Waals surface area contributed by atoms with Gasteiger partial charge in [0.25, 0.3) is 0 Å². The third-order valence-electron chi connectivity index (χ3n) is 3.27. The van der Waals surface area contributed by atoms with Crippen molar-refractivity contribution in [2.24, 2.45) is 0 Å². The van der Waals surface area contributed by atoms with Crippen molar-refractivity contribution in [1.82, 2.24) is 0 Å². The standard InChI is InChI=1S/C16H14O2S/c17-9-12-5-7-14(8-6-12)18-10-13-11-19-16-4-2-1-3-15(13)16/h1-9,13H,10-11H2. The van der Waals surface area contributed by atoms with Crippen LogP contribution in [-0.4, -0.2) is 18.6 Å². The van der Waals surface area contributed by atoms with Gasteiger partial charge in [-0.15, -0.1) is 11.8 Å². The molecule has 2 aromatic carbocycles. The maximum Gasteiger partial charge on any atom is 0.150 e. The van der Waals surface area contributed by atoms with Gasteiger partial charge in [0.15, 0.2) is 0 Å².